The zero-order chi connectivity index (χ0) is 13.2. The molecule has 0 saturated heterocycles. The van der Waals surface area contributed by atoms with E-state index in [2.05, 4.69) is 17.4 Å². The second-order valence-electron chi connectivity index (χ2n) is 4.80. The van der Waals surface area contributed by atoms with Crippen LogP contribution in [0.1, 0.15) is 22.7 Å². The molecule has 2 N–H and O–H groups in total. The molecule has 0 aliphatic carbocycles. The van der Waals surface area contributed by atoms with Gasteiger partial charge in [0.2, 0.25) is 0 Å². The number of rotatable bonds is 2. The lowest BCUT2D eigenvalue weighted by Crippen LogP contribution is -2.30. The highest BCUT2D eigenvalue weighted by Crippen LogP contribution is 2.32. The summed E-state index contributed by atoms with van der Waals surface area (Å²) < 4.78 is 5.28. The van der Waals surface area contributed by atoms with Gasteiger partial charge in [-0.1, -0.05) is 18.2 Å². The minimum Gasteiger partial charge on any atom is -0.508 e. The molecule has 3 rings (SSSR count). The Balaban J connectivity index is 2.03. The highest BCUT2D eigenvalue weighted by atomic mass is 16.5. The molecule has 1 heterocycles. The van der Waals surface area contributed by atoms with Gasteiger partial charge in [0.25, 0.3) is 0 Å². The predicted molar refractivity (Wildman–Crippen MR) is 74.7 cm³/mol. The fourth-order valence-electron chi connectivity index (χ4n) is 2.67. The van der Waals surface area contributed by atoms with E-state index in [1.165, 1.54) is 16.7 Å². The first-order valence-corrected chi connectivity index (χ1v) is 6.47. The van der Waals surface area contributed by atoms with Crippen LogP contribution in [0.25, 0.3) is 0 Å². The van der Waals surface area contributed by atoms with Crippen molar-refractivity contribution in [3.05, 3.63) is 59.2 Å². The molecular weight excluding hydrogens is 238 g/mol. The first-order valence-electron chi connectivity index (χ1n) is 6.47. The van der Waals surface area contributed by atoms with Gasteiger partial charge in [-0.05, 0) is 47.4 Å². The van der Waals surface area contributed by atoms with Gasteiger partial charge < -0.3 is 15.2 Å². The minimum atomic E-state index is 0.166. The third-order valence-corrected chi connectivity index (χ3v) is 3.61. The zero-order valence-electron chi connectivity index (χ0n) is 10.9. The van der Waals surface area contributed by atoms with Crippen molar-refractivity contribution < 1.29 is 9.84 Å². The van der Waals surface area contributed by atoms with E-state index in [-0.39, 0.29) is 6.04 Å². The average Bonchev–Trinajstić information content (AvgIpc) is 2.46. The Morgan fingerprint density at radius 2 is 2.11 bits per heavy atom. The summed E-state index contributed by atoms with van der Waals surface area (Å²) >= 11 is 0. The van der Waals surface area contributed by atoms with Crippen LogP contribution in [0.15, 0.2) is 42.5 Å². The van der Waals surface area contributed by atoms with E-state index in [9.17, 15) is 5.11 Å². The largest absolute Gasteiger partial charge is 0.508 e. The first-order chi connectivity index (χ1) is 9.28. The molecule has 0 fully saturated rings. The quantitative estimate of drug-likeness (QED) is 0.866. The van der Waals surface area contributed by atoms with Crippen molar-refractivity contribution in [2.24, 2.45) is 0 Å². The lowest BCUT2D eigenvalue weighted by atomic mass is 9.89. The van der Waals surface area contributed by atoms with Crippen molar-refractivity contribution in [1.29, 1.82) is 0 Å². The van der Waals surface area contributed by atoms with Gasteiger partial charge in [-0.2, -0.15) is 0 Å². The van der Waals surface area contributed by atoms with Gasteiger partial charge in [0.15, 0.2) is 0 Å². The number of phenols is 1. The van der Waals surface area contributed by atoms with E-state index in [4.69, 9.17) is 4.74 Å². The van der Waals surface area contributed by atoms with Gasteiger partial charge in [0, 0.05) is 6.54 Å². The van der Waals surface area contributed by atoms with Gasteiger partial charge in [-0.25, -0.2) is 0 Å². The monoisotopic (exact) mass is 255 g/mol. The number of benzene rings is 2. The van der Waals surface area contributed by atoms with Crippen LogP contribution in [-0.2, 0) is 6.42 Å². The summed E-state index contributed by atoms with van der Waals surface area (Å²) in [4.78, 5) is 0. The zero-order valence-corrected chi connectivity index (χ0v) is 10.9. The topological polar surface area (TPSA) is 41.5 Å². The number of ether oxygens (including phenoxy) is 1. The van der Waals surface area contributed by atoms with Crippen LogP contribution >= 0.6 is 0 Å². The number of methoxy groups -OCH3 is 1. The average molecular weight is 255 g/mol. The molecule has 3 heteroatoms. The molecule has 1 unspecified atom stereocenters. The molecule has 3 nitrogen and oxygen atoms in total. The van der Waals surface area contributed by atoms with Gasteiger partial charge in [-0.15, -0.1) is 0 Å². The highest BCUT2D eigenvalue weighted by molar-refractivity contribution is 5.44. The fourth-order valence-corrected chi connectivity index (χ4v) is 2.67. The van der Waals surface area contributed by atoms with E-state index in [0.717, 1.165) is 18.7 Å². The second kappa shape index (κ2) is 4.94. The molecule has 0 radical (unpaired) electrons. The summed E-state index contributed by atoms with van der Waals surface area (Å²) in [5.41, 5.74) is 3.63. The fraction of sp³-hybridized carbons (Fsp3) is 0.250. The smallest absolute Gasteiger partial charge is 0.119 e. The van der Waals surface area contributed by atoms with Crippen LogP contribution in [0.2, 0.25) is 0 Å². The van der Waals surface area contributed by atoms with Gasteiger partial charge >= 0.3 is 0 Å². The van der Waals surface area contributed by atoms with E-state index in [1.54, 1.807) is 13.2 Å². The molecular formula is C16H17NO2. The Bertz CT molecular complexity index is 595. The molecule has 0 spiro atoms. The van der Waals surface area contributed by atoms with Crippen molar-refractivity contribution in [2.45, 2.75) is 12.5 Å². The third kappa shape index (κ3) is 2.29. The minimum absolute atomic E-state index is 0.166. The maximum absolute atomic E-state index is 9.59. The number of nitrogens with one attached hydrogen (secondary N) is 1. The van der Waals surface area contributed by atoms with Crippen molar-refractivity contribution in [3.8, 4) is 11.5 Å². The summed E-state index contributed by atoms with van der Waals surface area (Å²) in [7, 11) is 1.68. The first kappa shape index (κ1) is 12.1. The van der Waals surface area contributed by atoms with Crippen molar-refractivity contribution in [2.75, 3.05) is 13.7 Å². The molecule has 2 aromatic rings. The van der Waals surface area contributed by atoms with Gasteiger partial charge in [0.1, 0.15) is 11.5 Å². The molecule has 19 heavy (non-hydrogen) atoms. The van der Waals surface area contributed by atoms with E-state index >= 15 is 0 Å². The summed E-state index contributed by atoms with van der Waals surface area (Å²) in [6.45, 7) is 0.915. The third-order valence-electron chi connectivity index (χ3n) is 3.61. The van der Waals surface area contributed by atoms with Crippen LogP contribution < -0.4 is 10.1 Å². The highest BCUT2D eigenvalue weighted by Gasteiger charge is 2.21. The normalized spacial score (nSPS) is 17.8. The maximum Gasteiger partial charge on any atom is 0.119 e. The van der Waals surface area contributed by atoms with Crippen LogP contribution in [0, 0.1) is 0 Å². The van der Waals surface area contributed by atoms with Crippen LogP contribution in [0.4, 0.5) is 0 Å². The standard InChI is InChI=1S/C16H17NO2/c1-19-14-4-2-3-12(10-14)16-15-6-5-13(18)9-11(15)7-8-17-16/h2-6,9-10,16-18H,7-8H2,1H3. The molecule has 1 atom stereocenters. The van der Waals surface area contributed by atoms with Crippen LogP contribution in [0.5, 0.6) is 11.5 Å². The number of fused-ring (bicyclic) bond motifs is 1. The molecule has 2 aromatic carbocycles. The molecule has 0 saturated carbocycles. The van der Waals surface area contributed by atoms with E-state index < -0.39 is 0 Å². The molecule has 0 bridgehead atoms. The maximum atomic E-state index is 9.59. The molecule has 98 valence electrons. The molecule has 0 aromatic heterocycles. The van der Waals surface area contributed by atoms with Crippen molar-refractivity contribution >= 4 is 0 Å². The second-order valence-corrected chi connectivity index (χ2v) is 4.80. The Hall–Kier alpha value is -2.00. The molecule has 0 amide bonds. The number of hydrogen-bond acceptors (Lipinski definition) is 3. The Morgan fingerprint density at radius 3 is 2.95 bits per heavy atom. The van der Waals surface area contributed by atoms with Crippen molar-refractivity contribution in [3.63, 3.8) is 0 Å². The summed E-state index contributed by atoms with van der Waals surface area (Å²) in [6, 6.07) is 13.9. The van der Waals surface area contributed by atoms with E-state index in [0.29, 0.717) is 5.75 Å². The summed E-state index contributed by atoms with van der Waals surface area (Å²) in [5, 5.41) is 13.1. The number of hydrogen-bond donors (Lipinski definition) is 2. The Kier molecular flexibility index (Phi) is 3.13. The van der Waals surface area contributed by atoms with Gasteiger partial charge in [-0.3, -0.25) is 0 Å². The van der Waals surface area contributed by atoms with E-state index in [1.807, 2.05) is 24.3 Å². The lowest BCUT2D eigenvalue weighted by molar-refractivity contribution is 0.413. The predicted octanol–water partition coefficient (Wildman–Crippen LogP) is 2.64. The Labute approximate surface area is 112 Å². The van der Waals surface area contributed by atoms with Crippen LogP contribution in [-0.4, -0.2) is 18.8 Å². The number of aromatic hydroxyl groups is 1. The summed E-state index contributed by atoms with van der Waals surface area (Å²) in [5.74, 6) is 1.20. The number of phenolic OH excluding ortho intramolecular Hbond substituents is 1. The molecule has 1 aliphatic rings. The summed E-state index contributed by atoms with van der Waals surface area (Å²) in [6.07, 6.45) is 0.949. The van der Waals surface area contributed by atoms with Gasteiger partial charge in [0.05, 0.1) is 13.2 Å². The lowest BCUT2D eigenvalue weighted by Gasteiger charge is -2.27. The molecule has 1 aliphatic heterocycles. The van der Waals surface area contributed by atoms with Crippen LogP contribution in [0.3, 0.4) is 0 Å². The Morgan fingerprint density at radius 1 is 1.21 bits per heavy atom. The SMILES string of the molecule is COc1cccc(C2NCCc3cc(O)ccc32)c1. The van der Waals surface area contributed by atoms with Crippen molar-refractivity contribution in [1.82, 2.24) is 5.32 Å².